The largest absolute Gasteiger partial charge is 0.342 e. The number of nitrogens with one attached hydrogen (secondary N) is 1. The minimum absolute atomic E-state index is 0.00633. The van der Waals surface area contributed by atoms with Crippen LogP contribution in [0, 0.1) is 11.3 Å². The molecule has 3 amide bonds. The second-order valence-corrected chi connectivity index (χ2v) is 13.4. The van der Waals surface area contributed by atoms with Crippen LogP contribution in [0.15, 0.2) is 42.5 Å². The molecule has 3 aliphatic rings. The summed E-state index contributed by atoms with van der Waals surface area (Å²) in [4.78, 5) is 57.4. The maximum Gasteiger partial charge on any atom is 0.227 e. The molecular formula is C35H46N4O4. The number of carbonyl (C=O) groups excluding carboxylic acids is 4. The molecule has 1 fully saturated rings. The van der Waals surface area contributed by atoms with E-state index in [0.717, 1.165) is 55.5 Å². The number of nitrogens with two attached hydrogens (primary N) is 1. The van der Waals surface area contributed by atoms with Crippen molar-refractivity contribution in [2.75, 3.05) is 25.0 Å². The van der Waals surface area contributed by atoms with Crippen molar-refractivity contribution in [2.24, 2.45) is 17.1 Å². The number of Topliss-reactive ketones (excluding diaryl/α,β-unsaturated/α-hetero) is 1. The molecule has 2 aliphatic heterocycles. The third kappa shape index (κ3) is 7.53. The van der Waals surface area contributed by atoms with E-state index in [-0.39, 0.29) is 54.7 Å². The van der Waals surface area contributed by atoms with Crippen LogP contribution in [0.3, 0.4) is 0 Å². The lowest BCUT2D eigenvalue weighted by Gasteiger charge is -2.38. The molecule has 0 saturated carbocycles. The molecule has 8 nitrogen and oxygen atoms in total. The molecule has 8 heteroatoms. The van der Waals surface area contributed by atoms with E-state index in [1.54, 1.807) is 4.90 Å². The molecule has 0 bridgehead atoms. The van der Waals surface area contributed by atoms with Gasteiger partial charge in [-0.15, -0.1) is 0 Å². The first-order chi connectivity index (χ1) is 20.6. The third-order valence-corrected chi connectivity index (χ3v) is 9.45. The third-order valence-electron chi connectivity index (χ3n) is 9.45. The first kappa shape index (κ1) is 30.9. The number of anilines is 1. The van der Waals surface area contributed by atoms with E-state index in [4.69, 9.17) is 5.73 Å². The van der Waals surface area contributed by atoms with Gasteiger partial charge in [-0.25, -0.2) is 0 Å². The van der Waals surface area contributed by atoms with Gasteiger partial charge in [0.05, 0.1) is 6.04 Å². The fourth-order valence-electron chi connectivity index (χ4n) is 7.02. The zero-order valence-corrected chi connectivity index (χ0v) is 25.7. The first-order valence-electron chi connectivity index (χ1n) is 15.9. The highest BCUT2D eigenvalue weighted by Gasteiger charge is 2.37. The summed E-state index contributed by atoms with van der Waals surface area (Å²) in [6.45, 7) is 6.37. The van der Waals surface area contributed by atoms with Crippen molar-refractivity contribution in [1.82, 2.24) is 9.80 Å². The van der Waals surface area contributed by atoms with Gasteiger partial charge in [0, 0.05) is 56.9 Å². The minimum Gasteiger partial charge on any atom is -0.342 e. The number of piperidine rings is 1. The molecule has 2 aromatic carbocycles. The van der Waals surface area contributed by atoms with Gasteiger partial charge >= 0.3 is 0 Å². The Morgan fingerprint density at radius 3 is 2.47 bits per heavy atom. The molecule has 2 aromatic rings. The monoisotopic (exact) mass is 586 g/mol. The summed E-state index contributed by atoms with van der Waals surface area (Å²) in [6, 6.07) is 13.2. The number of nitrogens with zero attached hydrogens (tertiary/aromatic N) is 2. The number of aryl methyl sites for hydroxylation is 2. The Morgan fingerprint density at radius 1 is 0.953 bits per heavy atom. The molecule has 2 atom stereocenters. The number of benzene rings is 2. The van der Waals surface area contributed by atoms with Gasteiger partial charge in [0.1, 0.15) is 0 Å². The molecule has 3 N–H and O–H groups in total. The summed E-state index contributed by atoms with van der Waals surface area (Å²) in [5.74, 6) is -1.16. The topological polar surface area (TPSA) is 113 Å². The molecule has 0 unspecified atom stereocenters. The Balaban J connectivity index is 1.26. The molecular weight excluding hydrogens is 540 g/mol. The van der Waals surface area contributed by atoms with Crippen molar-refractivity contribution in [3.05, 3.63) is 64.7 Å². The molecule has 43 heavy (non-hydrogen) atoms. The molecule has 0 spiro atoms. The number of carbonyl (C=O) groups is 4. The van der Waals surface area contributed by atoms with Gasteiger partial charge in [-0.1, -0.05) is 44.2 Å². The Bertz CT molecular complexity index is 1370. The van der Waals surface area contributed by atoms with E-state index in [2.05, 4.69) is 25.2 Å². The van der Waals surface area contributed by atoms with Crippen LogP contribution in [0.25, 0.3) is 0 Å². The van der Waals surface area contributed by atoms with Crippen molar-refractivity contribution in [3.8, 4) is 0 Å². The predicted octanol–water partition coefficient (Wildman–Crippen LogP) is 4.42. The highest BCUT2D eigenvalue weighted by atomic mass is 16.2. The maximum atomic E-state index is 13.9. The maximum absolute atomic E-state index is 13.9. The second-order valence-electron chi connectivity index (χ2n) is 13.4. The van der Waals surface area contributed by atoms with Crippen LogP contribution in [0.4, 0.5) is 5.69 Å². The predicted molar refractivity (Wildman–Crippen MR) is 167 cm³/mol. The van der Waals surface area contributed by atoms with Crippen LogP contribution in [0.2, 0.25) is 0 Å². The Kier molecular flexibility index (Phi) is 9.65. The molecule has 5 rings (SSSR count). The normalized spacial score (nSPS) is 19.7. The summed E-state index contributed by atoms with van der Waals surface area (Å²) < 4.78 is 0. The Morgan fingerprint density at radius 2 is 1.70 bits per heavy atom. The van der Waals surface area contributed by atoms with Crippen molar-refractivity contribution >= 4 is 29.2 Å². The van der Waals surface area contributed by atoms with Crippen LogP contribution in [-0.2, 0) is 45.0 Å². The van der Waals surface area contributed by atoms with E-state index >= 15 is 0 Å². The van der Waals surface area contributed by atoms with Gasteiger partial charge in [0.15, 0.2) is 5.78 Å². The van der Waals surface area contributed by atoms with Crippen LogP contribution < -0.4 is 11.1 Å². The second kappa shape index (κ2) is 13.4. The molecule has 230 valence electrons. The summed E-state index contributed by atoms with van der Waals surface area (Å²) in [7, 11) is 0. The lowest BCUT2D eigenvalue weighted by atomic mass is 9.84. The first-order valence-corrected chi connectivity index (χ1v) is 15.9. The number of hydrogen-bond donors (Lipinski definition) is 2. The fraction of sp³-hybridized carbons (Fsp3) is 0.543. The van der Waals surface area contributed by atoms with Gasteiger partial charge in [-0.2, -0.15) is 0 Å². The smallest absolute Gasteiger partial charge is 0.227 e. The van der Waals surface area contributed by atoms with Crippen molar-refractivity contribution in [3.63, 3.8) is 0 Å². The van der Waals surface area contributed by atoms with Crippen molar-refractivity contribution in [1.29, 1.82) is 0 Å². The van der Waals surface area contributed by atoms with E-state index in [0.29, 0.717) is 25.9 Å². The molecule has 1 saturated heterocycles. The number of likely N-dealkylation sites (tertiary alicyclic amines) is 1. The minimum atomic E-state index is -0.681. The van der Waals surface area contributed by atoms with Gasteiger partial charge in [-0.3, -0.25) is 19.2 Å². The van der Waals surface area contributed by atoms with E-state index in [1.807, 2.05) is 41.3 Å². The zero-order chi connectivity index (χ0) is 30.6. The Hall–Kier alpha value is -3.52. The van der Waals surface area contributed by atoms with Gasteiger partial charge in [-0.05, 0) is 84.9 Å². The quantitative estimate of drug-likeness (QED) is 0.428. The highest BCUT2D eigenvalue weighted by molar-refractivity contribution is 5.98. The van der Waals surface area contributed by atoms with E-state index < -0.39 is 12.0 Å². The summed E-state index contributed by atoms with van der Waals surface area (Å²) >= 11 is 0. The summed E-state index contributed by atoms with van der Waals surface area (Å²) in [5, 5.41) is 3.01. The fourth-order valence-corrected chi connectivity index (χ4v) is 7.02. The number of hydrogen-bond acceptors (Lipinski definition) is 5. The van der Waals surface area contributed by atoms with Crippen molar-refractivity contribution < 1.29 is 19.2 Å². The van der Waals surface area contributed by atoms with Gasteiger partial charge in [0.2, 0.25) is 17.7 Å². The van der Waals surface area contributed by atoms with Crippen LogP contribution in [0.5, 0.6) is 0 Å². The number of amides is 3. The average molecular weight is 587 g/mol. The lowest BCUT2D eigenvalue weighted by molar-refractivity contribution is -0.144. The highest BCUT2D eigenvalue weighted by Crippen LogP contribution is 2.30. The molecule has 0 radical (unpaired) electrons. The molecule has 1 aliphatic carbocycles. The zero-order valence-electron chi connectivity index (χ0n) is 25.7. The lowest BCUT2D eigenvalue weighted by Crippen LogP contribution is -2.50. The van der Waals surface area contributed by atoms with E-state index in [9.17, 15) is 19.2 Å². The van der Waals surface area contributed by atoms with Crippen LogP contribution >= 0.6 is 0 Å². The molecule has 0 aromatic heterocycles. The summed E-state index contributed by atoms with van der Waals surface area (Å²) in [6.07, 6.45) is 6.24. The van der Waals surface area contributed by atoms with Gasteiger partial charge in [0.25, 0.3) is 0 Å². The number of ketones is 1. The van der Waals surface area contributed by atoms with E-state index in [1.165, 1.54) is 11.1 Å². The number of fused-ring (bicyclic) bond motifs is 2. The van der Waals surface area contributed by atoms with Crippen LogP contribution in [-0.4, -0.2) is 59.0 Å². The Labute approximate surface area is 255 Å². The van der Waals surface area contributed by atoms with Gasteiger partial charge < -0.3 is 20.9 Å². The van der Waals surface area contributed by atoms with Crippen molar-refractivity contribution in [2.45, 2.75) is 90.6 Å². The average Bonchev–Trinajstić information content (AvgIpc) is 3.46. The SMILES string of the molecule is CC1(C)CCCN(C(=O)CCC(=O)N2Cc3ccccc3C[C@H]2C(=O)C[C@@H](CCN)C(=O)Nc2ccc3c(c2)CCC3)C1. The summed E-state index contributed by atoms with van der Waals surface area (Å²) in [5.41, 5.74) is 11.3. The standard InChI is InChI=1S/C35H46N4O4/c1-35(2)16-6-18-38(23-35)32(41)13-14-33(42)39-22-28-8-4-3-7-26(28)20-30(39)31(40)21-27(15-17-36)34(43)37-29-12-11-24-9-5-10-25(24)19-29/h3-4,7-8,11-12,19,27,30H,5-6,9-10,13-18,20-23,36H2,1-2H3,(H,37,43)/t27-,30+/m1/s1. The number of rotatable bonds is 10. The molecule has 2 heterocycles. The van der Waals surface area contributed by atoms with Crippen LogP contribution in [0.1, 0.15) is 81.0 Å².